The van der Waals surface area contributed by atoms with Gasteiger partial charge in [-0.3, -0.25) is 4.79 Å². The zero-order valence-electron chi connectivity index (χ0n) is 17.1. The molecular weight excluding hydrogens is 396 g/mol. The van der Waals surface area contributed by atoms with Gasteiger partial charge < -0.3 is 21.3 Å². The molecule has 4 aromatic rings. The molecule has 158 valence electrons. The SMILES string of the molecule is CCC(C)NC(=O)c1c(N)n(/N=C\c2ccc(O)c(O)c2)c2nc3ccccc3nc12. The fraction of sp³-hybridized carbons (Fsp3) is 0.182. The molecule has 0 spiro atoms. The predicted octanol–water partition coefficient (Wildman–Crippen LogP) is 2.99. The summed E-state index contributed by atoms with van der Waals surface area (Å²) in [6.07, 6.45) is 2.21. The van der Waals surface area contributed by atoms with E-state index < -0.39 is 0 Å². The average molecular weight is 418 g/mol. The maximum atomic E-state index is 13.0. The lowest BCUT2D eigenvalue weighted by Gasteiger charge is -2.11. The number of nitrogens with zero attached hydrogens (tertiary/aromatic N) is 4. The first-order valence-corrected chi connectivity index (χ1v) is 9.83. The minimum absolute atomic E-state index is 0.0396. The number of anilines is 1. The fourth-order valence-electron chi connectivity index (χ4n) is 3.13. The summed E-state index contributed by atoms with van der Waals surface area (Å²) < 4.78 is 1.35. The smallest absolute Gasteiger partial charge is 0.257 e. The summed E-state index contributed by atoms with van der Waals surface area (Å²) in [7, 11) is 0. The number of phenols is 2. The lowest BCUT2D eigenvalue weighted by atomic mass is 10.2. The van der Waals surface area contributed by atoms with Crippen molar-refractivity contribution in [3.8, 4) is 11.5 Å². The third-order valence-electron chi connectivity index (χ3n) is 5.01. The van der Waals surface area contributed by atoms with Crippen LogP contribution in [0, 0.1) is 0 Å². The number of amides is 1. The standard InChI is InChI=1S/C22H22N6O3/c1-3-12(2)25-22(31)18-19-21(27-15-7-5-4-6-14(15)26-19)28(20(18)23)24-11-13-8-9-16(29)17(30)10-13/h4-12,29-30H,3,23H2,1-2H3,(H,25,31)/b24-11-. The van der Waals surface area contributed by atoms with E-state index in [1.54, 1.807) is 6.07 Å². The van der Waals surface area contributed by atoms with Gasteiger partial charge in [0.2, 0.25) is 0 Å². The van der Waals surface area contributed by atoms with Crippen LogP contribution in [-0.4, -0.2) is 43.0 Å². The van der Waals surface area contributed by atoms with Crippen molar-refractivity contribution in [1.29, 1.82) is 0 Å². The number of para-hydroxylation sites is 2. The summed E-state index contributed by atoms with van der Waals surface area (Å²) in [5, 5.41) is 26.5. The lowest BCUT2D eigenvalue weighted by molar-refractivity contribution is 0.0941. The average Bonchev–Trinajstić information content (AvgIpc) is 3.03. The number of hydrogen-bond donors (Lipinski definition) is 4. The molecule has 0 fully saturated rings. The van der Waals surface area contributed by atoms with Crippen molar-refractivity contribution >= 4 is 40.1 Å². The Labute approximate surface area is 177 Å². The van der Waals surface area contributed by atoms with Crippen LogP contribution in [-0.2, 0) is 0 Å². The second kappa shape index (κ2) is 7.94. The molecule has 0 saturated heterocycles. The Balaban J connectivity index is 1.90. The molecule has 9 nitrogen and oxygen atoms in total. The second-order valence-corrected chi connectivity index (χ2v) is 7.23. The van der Waals surface area contributed by atoms with Crippen LogP contribution in [0.15, 0.2) is 47.6 Å². The van der Waals surface area contributed by atoms with Gasteiger partial charge in [0.1, 0.15) is 16.9 Å². The molecule has 0 saturated carbocycles. The highest BCUT2D eigenvalue weighted by Gasteiger charge is 2.24. The summed E-state index contributed by atoms with van der Waals surface area (Å²) in [6.45, 7) is 3.88. The topological polar surface area (TPSA) is 139 Å². The monoisotopic (exact) mass is 418 g/mol. The Bertz CT molecular complexity index is 1330. The maximum Gasteiger partial charge on any atom is 0.257 e. The number of phenolic OH excluding ortho intramolecular Hbond substituents is 2. The Morgan fingerprint density at radius 1 is 1.19 bits per heavy atom. The number of nitrogens with two attached hydrogens (primary N) is 1. The van der Waals surface area contributed by atoms with Gasteiger partial charge in [0.25, 0.3) is 5.91 Å². The van der Waals surface area contributed by atoms with Crippen molar-refractivity contribution in [2.24, 2.45) is 5.10 Å². The van der Waals surface area contributed by atoms with Crippen LogP contribution in [0.3, 0.4) is 0 Å². The first-order chi connectivity index (χ1) is 14.9. The fourth-order valence-corrected chi connectivity index (χ4v) is 3.13. The quantitative estimate of drug-likeness (QED) is 0.290. The van der Waals surface area contributed by atoms with Gasteiger partial charge in [-0.05, 0) is 49.2 Å². The van der Waals surface area contributed by atoms with E-state index in [4.69, 9.17) is 5.73 Å². The van der Waals surface area contributed by atoms with E-state index in [1.165, 1.54) is 23.0 Å². The predicted molar refractivity (Wildman–Crippen MR) is 119 cm³/mol. The van der Waals surface area contributed by atoms with Gasteiger partial charge in [-0.2, -0.15) is 9.78 Å². The largest absolute Gasteiger partial charge is 0.504 e. The van der Waals surface area contributed by atoms with Crippen molar-refractivity contribution < 1.29 is 15.0 Å². The van der Waals surface area contributed by atoms with Gasteiger partial charge in [-0.25, -0.2) is 9.97 Å². The number of nitrogens with one attached hydrogen (secondary N) is 1. The van der Waals surface area contributed by atoms with Crippen LogP contribution in [0.5, 0.6) is 11.5 Å². The summed E-state index contributed by atoms with van der Waals surface area (Å²) in [6, 6.07) is 11.6. The number of aromatic nitrogens is 3. The van der Waals surface area contributed by atoms with Crippen LogP contribution in [0.4, 0.5) is 5.82 Å². The molecule has 2 aromatic heterocycles. The lowest BCUT2D eigenvalue weighted by Crippen LogP contribution is -2.32. The number of hydrogen-bond acceptors (Lipinski definition) is 7. The van der Waals surface area contributed by atoms with Gasteiger partial charge in [-0.1, -0.05) is 19.1 Å². The number of fused-ring (bicyclic) bond motifs is 2. The number of carbonyl (C=O) groups is 1. The van der Waals surface area contributed by atoms with Crippen LogP contribution >= 0.6 is 0 Å². The van der Waals surface area contributed by atoms with E-state index in [0.717, 1.165) is 6.42 Å². The van der Waals surface area contributed by atoms with E-state index in [0.29, 0.717) is 27.8 Å². The molecule has 0 aliphatic rings. The minimum atomic E-state index is -0.349. The Hall–Kier alpha value is -4.14. The molecule has 0 radical (unpaired) electrons. The molecule has 2 heterocycles. The molecule has 2 aromatic carbocycles. The first kappa shape index (κ1) is 20.1. The zero-order valence-corrected chi connectivity index (χ0v) is 17.1. The molecule has 1 amide bonds. The molecule has 5 N–H and O–H groups in total. The summed E-state index contributed by atoms with van der Waals surface area (Å²) in [4.78, 5) is 22.2. The third-order valence-corrected chi connectivity index (χ3v) is 5.01. The molecule has 9 heteroatoms. The molecule has 31 heavy (non-hydrogen) atoms. The van der Waals surface area contributed by atoms with Gasteiger partial charge >= 0.3 is 0 Å². The van der Waals surface area contributed by atoms with E-state index >= 15 is 0 Å². The molecule has 0 aliphatic heterocycles. The number of carbonyl (C=O) groups excluding carboxylic acids is 1. The molecule has 0 aliphatic carbocycles. The van der Waals surface area contributed by atoms with Gasteiger partial charge in [0.05, 0.1) is 17.2 Å². The second-order valence-electron chi connectivity index (χ2n) is 7.23. The molecule has 0 bridgehead atoms. The van der Waals surface area contributed by atoms with Gasteiger partial charge in [0, 0.05) is 6.04 Å². The summed E-state index contributed by atoms with van der Waals surface area (Å²) >= 11 is 0. The highest BCUT2D eigenvalue weighted by molar-refractivity contribution is 6.10. The van der Waals surface area contributed by atoms with Crippen LogP contribution in [0.1, 0.15) is 36.2 Å². The third kappa shape index (κ3) is 3.73. The summed E-state index contributed by atoms with van der Waals surface area (Å²) in [5.41, 5.74) is 9.03. The van der Waals surface area contributed by atoms with Crippen molar-refractivity contribution in [3.05, 3.63) is 53.6 Å². The number of rotatable bonds is 5. The number of aromatic hydroxyl groups is 2. The van der Waals surface area contributed by atoms with Crippen molar-refractivity contribution in [1.82, 2.24) is 20.0 Å². The van der Waals surface area contributed by atoms with Crippen molar-refractivity contribution in [3.63, 3.8) is 0 Å². The van der Waals surface area contributed by atoms with Crippen LogP contribution in [0.2, 0.25) is 0 Å². The first-order valence-electron chi connectivity index (χ1n) is 9.83. The Morgan fingerprint density at radius 2 is 1.90 bits per heavy atom. The number of nitrogen functional groups attached to an aromatic ring is 1. The zero-order chi connectivity index (χ0) is 22.1. The highest BCUT2D eigenvalue weighted by Crippen LogP contribution is 2.28. The Kier molecular flexibility index (Phi) is 5.16. The van der Waals surface area contributed by atoms with E-state index in [-0.39, 0.29) is 34.8 Å². The Morgan fingerprint density at radius 3 is 2.58 bits per heavy atom. The van der Waals surface area contributed by atoms with Crippen molar-refractivity contribution in [2.75, 3.05) is 5.73 Å². The molecule has 4 rings (SSSR count). The van der Waals surface area contributed by atoms with Crippen LogP contribution in [0.25, 0.3) is 22.2 Å². The van der Waals surface area contributed by atoms with E-state index in [1.807, 2.05) is 38.1 Å². The summed E-state index contributed by atoms with van der Waals surface area (Å²) in [5.74, 6) is -0.749. The van der Waals surface area contributed by atoms with Gasteiger partial charge in [0.15, 0.2) is 17.1 Å². The van der Waals surface area contributed by atoms with E-state index in [2.05, 4.69) is 20.4 Å². The maximum absolute atomic E-state index is 13.0. The van der Waals surface area contributed by atoms with Crippen molar-refractivity contribution in [2.45, 2.75) is 26.3 Å². The molecule has 1 atom stereocenters. The van der Waals surface area contributed by atoms with Crippen LogP contribution < -0.4 is 11.1 Å². The normalized spacial score (nSPS) is 12.6. The number of benzene rings is 2. The minimum Gasteiger partial charge on any atom is -0.504 e. The van der Waals surface area contributed by atoms with E-state index in [9.17, 15) is 15.0 Å². The molecule has 1 unspecified atom stereocenters. The van der Waals surface area contributed by atoms with Gasteiger partial charge in [-0.15, -0.1) is 0 Å². The highest BCUT2D eigenvalue weighted by atomic mass is 16.3. The molecular formula is C22H22N6O3.